The van der Waals surface area contributed by atoms with Crippen molar-refractivity contribution < 1.29 is 9.59 Å². The Hall–Kier alpha value is -1.92. The Balaban J connectivity index is 2.00. The predicted octanol–water partition coefficient (Wildman–Crippen LogP) is 0.677. The number of carbonyl (C=O) groups is 2. The first-order valence-electron chi connectivity index (χ1n) is 7.00. The third-order valence-corrected chi connectivity index (χ3v) is 3.72. The van der Waals surface area contributed by atoms with Gasteiger partial charge < -0.3 is 10.6 Å². The van der Waals surface area contributed by atoms with Gasteiger partial charge in [-0.15, -0.1) is 0 Å². The van der Waals surface area contributed by atoms with Gasteiger partial charge in [0.05, 0.1) is 6.04 Å². The number of rotatable bonds is 5. The van der Waals surface area contributed by atoms with Gasteiger partial charge in [-0.05, 0) is 25.7 Å². The van der Waals surface area contributed by atoms with Gasteiger partial charge in [0.25, 0.3) is 0 Å². The monoisotopic (exact) mass is 279 g/mol. The smallest absolute Gasteiger partial charge is 0.243 e. The van der Waals surface area contributed by atoms with Crippen LogP contribution in [-0.4, -0.2) is 33.0 Å². The summed E-state index contributed by atoms with van der Waals surface area (Å²) in [5.41, 5.74) is 0. The number of nitrogens with one attached hydrogen (secondary N) is 3. The molecule has 0 radical (unpaired) electrons. The van der Waals surface area contributed by atoms with Crippen molar-refractivity contribution >= 4 is 11.8 Å². The van der Waals surface area contributed by atoms with E-state index in [2.05, 4.69) is 25.8 Å². The summed E-state index contributed by atoms with van der Waals surface area (Å²) >= 11 is 0. The van der Waals surface area contributed by atoms with Crippen LogP contribution in [0.4, 0.5) is 0 Å². The van der Waals surface area contributed by atoms with Crippen LogP contribution in [0.5, 0.6) is 0 Å². The molecule has 1 aliphatic carbocycles. The van der Waals surface area contributed by atoms with E-state index in [-0.39, 0.29) is 23.8 Å². The Morgan fingerprint density at radius 1 is 1.35 bits per heavy atom. The van der Waals surface area contributed by atoms with Crippen molar-refractivity contribution in [1.29, 1.82) is 0 Å². The molecule has 3 N–H and O–H groups in total. The Labute approximate surface area is 117 Å². The van der Waals surface area contributed by atoms with Crippen LogP contribution in [0.25, 0.3) is 0 Å². The quantitative estimate of drug-likeness (QED) is 0.737. The SMILES string of the molecule is CC(=O)N[C@@H](C(=O)N[C@H](C)c1ncn[nH]1)C1CCCC1. The third-order valence-electron chi connectivity index (χ3n) is 3.72. The number of hydrogen-bond acceptors (Lipinski definition) is 4. The molecule has 110 valence electrons. The minimum Gasteiger partial charge on any atom is -0.345 e. The summed E-state index contributed by atoms with van der Waals surface area (Å²) in [6, 6.07) is -0.719. The summed E-state index contributed by atoms with van der Waals surface area (Å²) in [5, 5.41) is 12.1. The molecule has 0 aromatic carbocycles. The normalized spacial score (nSPS) is 18.5. The first-order valence-corrected chi connectivity index (χ1v) is 7.00. The lowest BCUT2D eigenvalue weighted by molar-refractivity contribution is -0.129. The van der Waals surface area contributed by atoms with Crippen molar-refractivity contribution in [3.63, 3.8) is 0 Å². The average molecular weight is 279 g/mol. The van der Waals surface area contributed by atoms with E-state index in [0.717, 1.165) is 25.7 Å². The zero-order chi connectivity index (χ0) is 14.5. The number of nitrogens with zero attached hydrogens (tertiary/aromatic N) is 2. The minimum absolute atomic E-state index is 0.156. The molecule has 2 atom stereocenters. The Bertz CT molecular complexity index is 453. The van der Waals surface area contributed by atoms with Crippen molar-refractivity contribution in [3.05, 3.63) is 12.2 Å². The molecule has 1 heterocycles. The fourth-order valence-electron chi connectivity index (χ4n) is 2.70. The fraction of sp³-hybridized carbons (Fsp3) is 0.692. The van der Waals surface area contributed by atoms with Crippen molar-refractivity contribution in [2.24, 2.45) is 5.92 Å². The number of amides is 2. The lowest BCUT2D eigenvalue weighted by atomic mass is 9.97. The van der Waals surface area contributed by atoms with E-state index in [9.17, 15) is 9.59 Å². The van der Waals surface area contributed by atoms with Gasteiger partial charge in [0.1, 0.15) is 18.2 Å². The van der Waals surface area contributed by atoms with Gasteiger partial charge >= 0.3 is 0 Å². The largest absolute Gasteiger partial charge is 0.345 e. The van der Waals surface area contributed by atoms with Crippen LogP contribution in [0.3, 0.4) is 0 Å². The molecular weight excluding hydrogens is 258 g/mol. The molecule has 20 heavy (non-hydrogen) atoms. The zero-order valence-corrected chi connectivity index (χ0v) is 11.8. The molecule has 1 saturated carbocycles. The topological polar surface area (TPSA) is 99.8 Å². The van der Waals surface area contributed by atoms with Gasteiger partial charge in [-0.3, -0.25) is 14.7 Å². The molecule has 1 aromatic heterocycles. The molecule has 7 nitrogen and oxygen atoms in total. The van der Waals surface area contributed by atoms with Gasteiger partial charge in [-0.2, -0.15) is 5.10 Å². The second-order valence-corrected chi connectivity index (χ2v) is 5.32. The number of aromatic amines is 1. The Morgan fingerprint density at radius 2 is 2.05 bits per heavy atom. The summed E-state index contributed by atoms with van der Waals surface area (Å²) in [5.74, 6) is 0.493. The lowest BCUT2D eigenvalue weighted by Crippen LogP contribution is -2.50. The third kappa shape index (κ3) is 3.55. The summed E-state index contributed by atoms with van der Waals surface area (Å²) in [7, 11) is 0. The highest BCUT2D eigenvalue weighted by Crippen LogP contribution is 2.28. The fourth-order valence-corrected chi connectivity index (χ4v) is 2.70. The van der Waals surface area contributed by atoms with Gasteiger partial charge in [0.2, 0.25) is 11.8 Å². The van der Waals surface area contributed by atoms with E-state index in [1.807, 2.05) is 6.92 Å². The Morgan fingerprint density at radius 3 is 2.60 bits per heavy atom. The van der Waals surface area contributed by atoms with Crippen molar-refractivity contribution in [2.75, 3.05) is 0 Å². The molecule has 0 spiro atoms. The summed E-state index contributed by atoms with van der Waals surface area (Å²) < 4.78 is 0. The van der Waals surface area contributed by atoms with Crippen LogP contribution in [0, 0.1) is 5.92 Å². The number of H-pyrrole nitrogens is 1. The van der Waals surface area contributed by atoms with Gasteiger partial charge in [0.15, 0.2) is 0 Å². The van der Waals surface area contributed by atoms with Gasteiger partial charge in [0, 0.05) is 6.92 Å². The Kier molecular flexibility index (Phi) is 4.70. The first-order chi connectivity index (χ1) is 9.58. The van der Waals surface area contributed by atoms with Crippen LogP contribution in [0.2, 0.25) is 0 Å². The summed E-state index contributed by atoms with van der Waals surface area (Å²) in [6.07, 6.45) is 5.60. The lowest BCUT2D eigenvalue weighted by Gasteiger charge is -2.24. The molecule has 0 bridgehead atoms. The molecule has 0 aliphatic heterocycles. The van der Waals surface area contributed by atoms with Crippen molar-refractivity contribution in [1.82, 2.24) is 25.8 Å². The van der Waals surface area contributed by atoms with E-state index in [4.69, 9.17) is 0 Å². The molecule has 1 aliphatic rings. The molecule has 1 fully saturated rings. The maximum Gasteiger partial charge on any atom is 0.243 e. The van der Waals surface area contributed by atoms with E-state index >= 15 is 0 Å². The van der Waals surface area contributed by atoms with Crippen LogP contribution in [0.15, 0.2) is 6.33 Å². The van der Waals surface area contributed by atoms with Crippen LogP contribution in [-0.2, 0) is 9.59 Å². The maximum absolute atomic E-state index is 12.4. The highest BCUT2D eigenvalue weighted by Gasteiger charge is 2.32. The van der Waals surface area contributed by atoms with Gasteiger partial charge in [-0.25, -0.2) is 4.98 Å². The first kappa shape index (κ1) is 14.5. The maximum atomic E-state index is 12.4. The second kappa shape index (κ2) is 6.49. The van der Waals surface area contributed by atoms with Crippen molar-refractivity contribution in [2.45, 2.75) is 51.6 Å². The second-order valence-electron chi connectivity index (χ2n) is 5.32. The van der Waals surface area contributed by atoms with Gasteiger partial charge in [-0.1, -0.05) is 12.8 Å². The average Bonchev–Trinajstić information content (AvgIpc) is 3.08. The van der Waals surface area contributed by atoms with E-state index < -0.39 is 6.04 Å². The molecule has 0 saturated heterocycles. The molecule has 2 rings (SSSR count). The van der Waals surface area contributed by atoms with Crippen molar-refractivity contribution in [3.8, 4) is 0 Å². The molecule has 2 amide bonds. The van der Waals surface area contributed by atoms with E-state index in [1.165, 1.54) is 13.3 Å². The standard InChI is InChI=1S/C13H21N5O2/c1-8(12-14-7-15-18-12)16-13(20)11(17-9(2)19)10-5-3-4-6-10/h7-8,10-11H,3-6H2,1-2H3,(H,16,20)(H,17,19)(H,14,15,18)/t8-,11-/m1/s1. The zero-order valence-electron chi connectivity index (χ0n) is 11.8. The summed E-state index contributed by atoms with van der Waals surface area (Å²) in [6.45, 7) is 3.27. The van der Waals surface area contributed by atoms with E-state index in [0.29, 0.717) is 5.82 Å². The molecule has 7 heteroatoms. The number of hydrogen-bond donors (Lipinski definition) is 3. The minimum atomic E-state index is -0.458. The molecule has 0 unspecified atom stereocenters. The number of carbonyl (C=O) groups excluding carboxylic acids is 2. The molecular formula is C13H21N5O2. The highest BCUT2D eigenvalue weighted by molar-refractivity contribution is 5.87. The van der Waals surface area contributed by atoms with Crippen LogP contribution in [0.1, 0.15) is 51.4 Å². The van der Waals surface area contributed by atoms with Crippen LogP contribution < -0.4 is 10.6 Å². The van der Waals surface area contributed by atoms with Crippen LogP contribution >= 0.6 is 0 Å². The predicted molar refractivity (Wildman–Crippen MR) is 72.5 cm³/mol. The summed E-state index contributed by atoms with van der Waals surface area (Å²) in [4.78, 5) is 27.7. The van der Waals surface area contributed by atoms with E-state index in [1.54, 1.807) is 0 Å². The highest BCUT2D eigenvalue weighted by atomic mass is 16.2. The molecule has 1 aromatic rings. The number of aromatic nitrogens is 3.